The Labute approximate surface area is 139 Å². The average Bonchev–Trinajstić information content (AvgIpc) is 2.45. The summed E-state index contributed by atoms with van der Waals surface area (Å²) in [5.41, 5.74) is 2.76. The van der Waals surface area contributed by atoms with E-state index < -0.39 is 0 Å². The van der Waals surface area contributed by atoms with Crippen LogP contribution in [0, 0.1) is 6.92 Å². The number of aryl methyl sites for hydroxylation is 1. The molecule has 0 amide bonds. The van der Waals surface area contributed by atoms with Crippen LogP contribution in [0.2, 0.25) is 0 Å². The molecule has 0 unspecified atom stereocenters. The Hall–Kier alpha value is -0.500. The lowest BCUT2D eigenvalue weighted by atomic mass is 9.98. The molecule has 120 valence electrons. The fraction of sp³-hybridized carbons (Fsp3) is 0.684. The van der Waals surface area contributed by atoms with E-state index in [1.54, 1.807) is 0 Å². The van der Waals surface area contributed by atoms with E-state index in [1.807, 2.05) is 0 Å². The number of rotatable bonds is 11. The predicted octanol–water partition coefficient (Wildman–Crippen LogP) is 6.62. The summed E-state index contributed by atoms with van der Waals surface area (Å²) < 4.78 is 5.86. The molecular formula is C19H31BrO. The van der Waals surface area contributed by atoms with Gasteiger partial charge in [-0.1, -0.05) is 67.9 Å². The summed E-state index contributed by atoms with van der Waals surface area (Å²) in [6.07, 6.45) is 9.23. The van der Waals surface area contributed by atoms with Crippen molar-refractivity contribution in [1.29, 1.82) is 0 Å². The second-order valence-electron chi connectivity index (χ2n) is 6.19. The van der Waals surface area contributed by atoms with Crippen molar-refractivity contribution in [2.45, 2.75) is 71.6 Å². The van der Waals surface area contributed by atoms with Crippen molar-refractivity contribution >= 4 is 15.9 Å². The van der Waals surface area contributed by atoms with Crippen molar-refractivity contribution in [2.24, 2.45) is 0 Å². The van der Waals surface area contributed by atoms with Gasteiger partial charge in [0.2, 0.25) is 0 Å². The summed E-state index contributed by atoms with van der Waals surface area (Å²) in [6, 6.07) is 6.50. The first-order chi connectivity index (χ1) is 10.1. The van der Waals surface area contributed by atoms with Gasteiger partial charge in [0.25, 0.3) is 0 Å². The van der Waals surface area contributed by atoms with Crippen LogP contribution in [0.15, 0.2) is 18.2 Å². The van der Waals surface area contributed by atoms with Crippen molar-refractivity contribution in [1.82, 2.24) is 0 Å². The molecular weight excluding hydrogens is 324 g/mol. The van der Waals surface area contributed by atoms with Crippen LogP contribution in [-0.4, -0.2) is 11.9 Å². The highest BCUT2D eigenvalue weighted by Gasteiger charge is 2.04. The zero-order valence-corrected chi connectivity index (χ0v) is 15.5. The largest absolute Gasteiger partial charge is 0.494 e. The fourth-order valence-electron chi connectivity index (χ4n) is 2.66. The molecule has 0 aromatic heterocycles. The molecule has 0 spiro atoms. The molecule has 0 radical (unpaired) electrons. The Bertz CT molecular complexity index is 387. The average molecular weight is 355 g/mol. The van der Waals surface area contributed by atoms with E-state index in [9.17, 15) is 0 Å². The van der Waals surface area contributed by atoms with Crippen LogP contribution < -0.4 is 4.74 Å². The standard InChI is InChI=1S/C19H31BrO/c1-16(2)19-12-11-18(15-17(19)3)21-14-10-8-6-4-5-7-9-13-20/h11-12,15-16H,4-10,13-14H2,1-3H3. The van der Waals surface area contributed by atoms with Gasteiger partial charge < -0.3 is 4.74 Å². The third-order valence-electron chi connectivity index (χ3n) is 3.91. The van der Waals surface area contributed by atoms with Gasteiger partial charge >= 0.3 is 0 Å². The second kappa shape index (κ2) is 11.1. The SMILES string of the molecule is Cc1cc(OCCCCCCCCCBr)ccc1C(C)C. The monoisotopic (exact) mass is 354 g/mol. The van der Waals surface area contributed by atoms with Crippen LogP contribution in [-0.2, 0) is 0 Å². The van der Waals surface area contributed by atoms with Gasteiger partial charge in [-0.2, -0.15) is 0 Å². The minimum absolute atomic E-state index is 0.587. The first-order valence-electron chi connectivity index (χ1n) is 8.44. The normalized spacial score (nSPS) is 11.1. The van der Waals surface area contributed by atoms with E-state index in [0.29, 0.717) is 5.92 Å². The maximum Gasteiger partial charge on any atom is 0.119 e. The number of alkyl halides is 1. The number of hydrogen-bond acceptors (Lipinski definition) is 1. The number of benzene rings is 1. The maximum atomic E-state index is 5.86. The molecule has 0 atom stereocenters. The molecule has 0 aliphatic carbocycles. The van der Waals surface area contributed by atoms with E-state index in [1.165, 1.54) is 56.1 Å². The highest BCUT2D eigenvalue weighted by Crippen LogP contribution is 2.23. The third kappa shape index (κ3) is 7.90. The molecule has 1 aromatic rings. The molecule has 0 aliphatic rings. The van der Waals surface area contributed by atoms with Gasteiger partial charge in [0.05, 0.1) is 6.61 Å². The van der Waals surface area contributed by atoms with Gasteiger partial charge in [-0.05, 0) is 48.9 Å². The van der Waals surface area contributed by atoms with E-state index in [2.05, 4.69) is 54.9 Å². The zero-order chi connectivity index (χ0) is 15.5. The van der Waals surface area contributed by atoms with Gasteiger partial charge in [-0.3, -0.25) is 0 Å². The first-order valence-corrected chi connectivity index (χ1v) is 9.56. The number of unbranched alkanes of at least 4 members (excludes halogenated alkanes) is 6. The molecule has 1 nitrogen and oxygen atoms in total. The van der Waals surface area contributed by atoms with Crippen LogP contribution in [0.25, 0.3) is 0 Å². The molecule has 0 saturated heterocycles. The highest BCUT2D eigenvalue weighted by atomic mass is 79.9. The molecule has 2 heteroatoms. The van der Waals surface area contributed by atoms with Crippen LogP contribution in [0.3, 0.4) is 0 Å². The van der Waals surface area contributed by atoms with Crippen LogP contribution in [0.5, 0.6) is 5.75 Å². The van der Waals surface area contributed by atoms with Gasteiger partial charge in [0.15, 0.2) is 0 Å². The van der Waals surface area contributed by atoms with E-state index in [4.69, 9.17) is 4.74 Å². The van der Waals surface area contributed by atoms with E-state index in [-0.39, 0.29) is 0 Å². The third-order valence-corrected chi connectivity index (χ3v) is 4.47. The van der Waals surface area contributed by atoms with E-state index in [0.717, 1.165) is 17.7 Å². The van der Waals surface area contributed by atoms with Gasteiger partial charge in [-0.15, -0.1) is 0 Å². The quantitative estimate of drug-likeness (QED) is 0.320. The molecule has 0 saturated carbocycles. The molecule has 0 N–H and O–H groups in total. The lowest BCUT2D eigenvalue weighted by molar-refractivity contribution is 0.304. The molecule has 21 heavy (non-hydrogen) atoms. The van der Waals surface area contributed by atoms with Gasteiger partial charge in [-0.25, -0.2) is 0 Å². The Balaban J connectivity index is 2.11. The molecule has 0 aliphatic heterocycles. The zero-order valence-electron chi connectivity index (χ0n) is 14.0. The summed E-state index contributed by atoms with van der Waals surface area (Å²) >= 11 is 3.48. The Morgan fingerprint density at radius 2 is 1.57 bits per heavy atom. The summed E-state index contributed by atoms with van der Waals surface area (Å²) in [4.78, 5) is 0. The van der Waals surface area contributed by atoms with Crippen molar-refractivity contribution in [3.05, 3.63) is 29.3 Å². The molecule has 1 rings (SSSR count). The fourth-order valence-corrected chi connectivity index (χ4v) is 3.05. The second-order valence-corrected chi connectivity index (χ2v) is 6.98. The first kappa shape index (κ1) is 18.5. The van der Waals surface area contributed by atoms with Crippen LogP contribution in [0.1, 0.15) is 75.8 Å². The molecule has 0 heterocycles. The van der Waals surface area contributed by atoms with Gasteiger partial charge in [0.1, 0.15) is 5.75 Å². The lowest BCUT2D eigenvalue weighted by Gasteiger charge is -2.12. The van der Waals surface area contributed by atoms with Crippen molar-refractivity contribution in [3.8, 4) is 5.75 Å². The Kier molecular flexibility index (Phi) is 9.82. The number of hydrogen-bond donors (Lipinski definition) is 0. The number of halogens is 1. The predicted molar refractivity (Wildman–Crippen MR) is 96.9 cm³/mol. The molecule has 1 aromatic carbocycles. The van der Waals surface area contributed by atoms with Gasteiger partial charge in [0, 0.05) is 5.33 Å². The van der Waals surface area contributed by atoms with Crippen LogP contribution >= 0.6 is 15.9 Å². The van der Waals surface area contributed by atoms with Crippen LogP contribution in [0.4, 0.5) is 0 Å². The Morgan fingerprint density at radius 3 is 2.14 bits per heavy atom. The van der Waals surface area contributed by atoms with E-state index >= 15 is 0 Å². The summed E-state index contributed by atoms with van der Waals surface area (Å²) in [7, 11) is 0. The summed E-state index contributed by atoms with van der Waals surface area (Å²) in [6.45, 7) is 7.50. The minimum Gasteiger partial charge on any atom is -0.494 e. The Morgan fingerprint density at radius 1 is 0.952 bits per heavy atom. The molecule has 0 bridgehead atoms. The number of ether oxygens (including phenoxy) is 1. The topological polar surface area (TPSA) is 9.23 Å². The summed E-state index contributed by atoms with van der Waals surface area (Å²) in [5.74, 6) is 1.61. The summed E-state index contributed by atoms with van der Waals surface area (Å²) in [5, 5.41) is 1.15. The molecule has 0 fully saturated rings. The van der Waals surface area contributed by atoms with Crippen molar-refractivity contribution in [2.75, 3.05) is 11.9 Å². The maximum absolute atomic E-state index is 5.86. The highest BCUT2D eigenvalue weighted by molar-refractivity contribution is 9.09. The smallest absolute Gasteiger partial charge is 0.119 e. The lowest BCUT2D eigenvalue weighted by Crippen LogP contribution is -1.99. The van der Waals surface area contributed by atoms with Crippen molar-refractivity contribution < 1.29 is 4.74 Å². The van der Waals surface area contributed by atoms with Crippen molar-refractivity contribution in [3.63, 3.8) is 0 Å². The minimum atomic E-state index is 0.587.